The van der Waals surface area contributed by atoms with E-state index in [4.69, 9.17) is 4.74 Å². The van der Waals surface area contributed by atoms with E-state index in [-0.39, 0.29) is 0 Å². The Kier molecular flexibility index (Phi) is 4.46. The highest BCUT2D eigenvalue weighted by Gasteiger charge is 2.26. The second kappa shape index (κ2) is 5.15. The molecule has 1 aliphatic carbocycles. The third-order valence-electron chi connectivity index (χ3n) is 2.14. The van der Waals surface area contributed by atoms with Crippen LogP contribution in [0.15, 0.2) is 0 Å². The minimum absolute atomic E-state index is 0.566. The molecule has 1 nitrogen and oxygen atoms in total. The van der Waals surface area contributed by atoms with E-state index in [0.29, 0.717) is 6.10 Å². The molecule has 0 saturated heterocycles. The first kappa shape index (κ1) is 9.53. The molecular weight excluding hydrogens is 204 g/mol. The number of unbranched alkanes of at least 4 members (excludes halogenated alkanes) is 2. The quantitative estimate of drug-likeness (QED) is 0.512. The first-order chi connectivity index (χ1) is 5.33. The minimum atomic E-state index is 0.566. The standard InChI is InChI=1S/C9H17BrO/c1-2-3-4-5-11-9-6-8(10)7-9/h8-9H,2-7H2,1H3. The number of hydrogen-bond donors (Lipinski definition) is 0. The van der Waals surface area contributed by atoms with Gasteiger partial charge in [0.2, 0.25) is 0 Å². The molecule has 0 amide bonds. The maximum atomic E-state index is 5.62. The Bertz CT molecular complexity index is 99.7. The molecule has 0 aliphatic heterocycles. The first-order valence-corrected chi connectivity index (χ1v) is 5.50. The van der Waals surface area contributed by atoms with Crippen molar-refractivity contribution >= 4 is 15.9 Å². The van der Waals surface area contributed by atoms with Gasteiger partial charge >= 0.3 is 0 Å². The second-order valence-corrected chi connectivity index (χ2v) is 4.56. The molecule has 0 aromatic carbocycles. The summed E-state index contributed by atoms with van der Waals surface area (Å²) in [6, 6.07) is 0. The van der Waals surface area contributed by atoms with E-state index in [0.717, 1.165) is 11.4 Å². The third kappa shape index (κ3) is 3.57. The maximum Gasteiger partial charge on any atom is 0.0596 e. The lowest BCUT2D eigenvalue weighted by molar-refractivity contribution is 0.00559. The van der Waals surface area contributed by atoms with Crippen LogP contribution in [0.3, 0.4) is 0 Å². The second-order valence-electron chi connectivity index (χ2n) is 3.27. The van der Waals surface area contributed by atoms with Crippen molar-refractivity contribution < 1.29 is 4.74 Å². The summed E-state index contributed by atoms with van der Waals surface area (Å²) in [4.78, 5) is 0.735. The lowest BCUT2D eigenvalue weighted by Crippen LogP contribution is -2.31. The molecule has 0 atom stereocenters. The summed E-state index contributed by atoms with van der Waals surface area (Å²) >= 11 is 3.54. The summed E-state index contributed by atoms with van der Waals surface area (Å²) in [5.41, 5.74) is 0. The number of rotatable bonds is 5. The highest BCUT2D eigenvalue weighted by atomic mass is 79.9. The Labute approximate surface area is 77.6 Å². The molecule has 1 aliphatic rings. The van der Waals surface area contributed by atoms with Crippen molar-refractivity contribution in [3.63, 3.8) is 0 Å². The fraction of sp³-hybridized carbons (Fsp3) is 1.00. The van der Waals surface area contributed by atoms with E-state index in [1.165, 1.54) is 32.1 Å². The van der Waals surface area contributed by atoms with Gasteiger partial charge in [0.1, 0.15) is 0 Å². The lowest BCUT2D eigenvalue weighted by Gasteiger charge is -2.31. The van der Waals surface area contributed by atoms with Crippen LogP contribution in [0, 0.1) is 0 Å². The summed E-state index contributed by atoms with van der Waals surface area (Å²) in [7, 11) is 0. The van der Waals surface area contributed by atoms with Crippen LogP contribution in [0.25, 0.3) is 0 Å². The van der Waals surface area contributed by atoms with Crippen LogP contribution in [0.5, 0.6) is 0 Å². The predicted octanol–water partition coefficient (Wildman–Crippen LogP) is 3.12. The highest BCUT2D eigenvalue weighted by molar-refractivity contribution is 9.09. The molecule has 0 bridgehead atoms. The molecule has 0 N–H and O–H groups in total. The van der Waals surface area contributed by atoms with Crippen LogP contribution in [-0.2, 0) is 4.74 Å². The van der Waals surface area contributed by atoms with Gasteiger partial charge in [0.15, 0.2) is 0 Å². The van der Waals surface area contributed by atoms with Crippen molar-refractivity contribution in [1.29, 1.82) is 0 Å². The smallest absolute Gasteiger partial charge is 0.0596 e. The molecule has 0 spiro atoms. The first-order valence-electron chi connectivity index (χ1n) is 4.58. The van der Waals surface area contributed by atoms with Crippen LogP contribution in [-0.4, -0.2) is 17.5 Å². The van der Waals surface area contributed by atoms with Gasteiger partial charge in [0, 0.05) is 11.4 Å². The van der Waals surface area contributed by atoms with Gasteiger partial charge in [-0.1, -0.05) is 35.7 Å². The van der Waals surface area contributed by atoms with Crippen LogP contribution in [0.2, 0.25) is 0 Å². The normalized spacial score (nSPS) is 30.0. The number of ether oxygens (including phenoxy) is 1. The Balaban J connectivity index is 1.81. The zero-order valence-corrected chi connectivity index (χ0v) is 8.77. The summed E-state index contributed by atoms with van der Waals surface area (Å²) in [5, 5.41) is 0. The minimum Gasteiger partial charge on any atom is -0.378 e. The van der Waals surface area contributed by atoms with Crippen molar-refractivity contribution in [2.45, 2.75) is 50.0 Å². The van der Waals surface area contributed by atoms with Gasteiger partial charge in [-0.3, -0.25) is 0 Å². The third-order valence-corrected chi connectivity index (χ3v) is 2.89. The topological polar surface area (TPSA) is 9.23 Å². The largest absolute Gasteiger partial charge is 0.378 e. The van der Waals surface area contributed by atoms with E-state index in [1.807, 2.05) is 0 Å². The summed E-state index contributed by atoms with van der Waals surface area (Å²) in [5.74, 6) is 0. The van der Waals surface area contributed by atoms with Gasteiger partial charge in [-0.15, -0.1) is 0 Å². The number of halogens is 1. The molecule has 0 aromatic rings. The molecule has 0 aromatic heterocycles. The monoisotopic (exact) mass is 220 g/mol. The van der Waals surface area contributed by atoms with Gasteiger partial charge in [-0.2, -0.15) is 0 Å². The van der Waals surface area contributed by atoms with E-state index in [1.54, 1.807) is 0 Å². The highest BCUT2D eigenvalue weighted by Crippen LogP contribution is 2.29. The molecule has 0 radical (unpaired) electrons. The van der Waals surface area contributed by atoms with Crippen molar-refractivity contribution in [3.05, 3.63) is 0 Å². The van der Waals surface area contributed by atoms with E-state index in [9.17, 15) is 0 Å². The molecule has 1 rings (SSSR count). The van der Waals surface area contributed by atoms with E-state index < -0.39 is 0 Å². The molecule has 11 heavy (non-hydrogen) atoms. The van der Waals surface area contributed by atoms with Crippen molar-refractivity contribution in [1.82, 2.24) is 0 Å². The zero-order valence-electron chi connectivity index (χ0n) is 7.18. The molecular formula is C9H17BrO. The van der Waals surface area contributed by atoms with Crippen LogP contribution >= 0.6 is 15.9 Å². The average Bonchev–Trinajstić information content (AvgIpc) is 1.94. The average molecular weight is 221 g/mol. The van der Waals surface area contributed by atoms with Gasteiger partial charge in [-0.25, -0.2) is 0 Å². The molecule has 66 valence electrons. The molecule has 1 fully saturated rings. The van der Waals surface area contributed by atoms with Crippen molar-refractivity contribution in [3.8, 4) is 0 Å². The Hall–Kier alpha value is 0.440. The van der Waals surface area contributed by atoms with Crippen LogP contribution in [0.4, 0.5) is 0 Å². The molecule has 2 heteroatoms. The van der Waals surface area contributed by atoms with Crippen molar-refractivity contribution in [2.24, 2.45) is 0 Å². The summed E-state index contributed by atoms with van der Waals surface area (Å²) in [6.45, 7) is 3.19. The van der Waals surface area contributed by atoms with Crippen LogP contribution in [0.1, 0.15) is 39.0 Å². The summed E-state index contributed by atoms with van der Waals surface area (Å²) in [6.07, 6.45) is 6.83. The Morgan fingerprint density at radius 2 is 2.09 bits per heavy atom. The van der Waals surface area contributed by atoms with Crippen molar-refractivity contribution in [2.75, 3.05) is 6.61 Å². The maximum absolute atomic E-state index is 5.62. The molecule has 0 heterocycles. The Morgan fingerprint density at radius 1 is 1.36 bits per heavy atom. The summed E-state index contributed by atoms with van der Waals surface area (Å²) < 4.78 is 5.62. The van der Waals surface area contributed by atoms with Crippen LogP contribution < -0.4 is 0 Å². The van der Waals surface area contributed by atoms with Gasteiger partial charge < -0.3 is 4.74 Å². The van der Waals surface area contributed by atoms with E-state index in [2.05, 4.69) is 22.9 Å². The zero-order chi connectivity index (χ0) is 8.10. The molecule has 0 unspecified atom stereocenters. The lowest BCUT2D eigenvalue weighted by atomic mass is 9.96. The van der Waals surface area contributed by atoms with Gasteiger partial charge in [-0.05, 0) is 19.3 Å². The number of alkyl halides is 1. The van der Waals surface area contributed by atoms with Gasteiger partial charge in [0.25, 0.3) is 0 Å². The number of hydrogen-bond acceptors (Lipinski definition) is 1. The van der Waals surface area contributed by atoms with E-state index >= 15 is 0 Å². The Morgan fingerprint density at radius 3 is 2.64 bits per heavy atom. The molecule has 1 saturated carbocycles. The SMILES string of the molecule is CCCCCOC1CC(Br)C1. The van der Waals surface area contributed by atoms with Gasteiger partial charge in [0.05, 0.1) is 6.10 Å². The fourth-order valence-corrected chi connectivity index (χ4v) is 2.07. The fourth-order valence-electron chi connectivity index (χ4n) is 1.24. The predicted molar refractivity (Wildman–Crippen MR) is 51.2 cm³/mol.